The minimum atomic E-state index is 0.348. The maximum absolute atomic E-state index is 3.71. The highest BCUT2D eigenvalue weighted by atomic mass is 15.1. The molecular formula is C16H23N. The van der Waals surface area contributed by atoms with Gasteiger partial charge < -0.3 is 4.90 Å². The molecule has 0 aromatic rings. The van der Waals surface area contributed by atoms with Gasteiger partial charge in [0, 0.05) is 12.7 Å². The van der Waals surface area contributed by atoms with Gasteiger partial charge in [0.2, 0.25) is 0 Å². The van der Waals surface area contributed by atoms with Gasteiger partial charge in [-0.25, -0.2) is 0 Å². The van der Waals surface area contributed by atoms with E-state index in [2.05, 4.69) is 68.8 Å². The first-order valence-corrected chi connectivity index (χ1v) is 6.22. The van der Waals surface area contributed by atoms with Crippen LogP contribution in [0.1, 0.15) is 20.3 Å². The summed E-state index contributed by atoms with van der Waals surface area (Å²) in [6.45, 7) is 8.06. The molecule has 0 fully saturated rings. The summed E-state index contributed by atoms with van der Waals surface area (Å²) in [6.07, 6.45) is 18.0. The first-order chi connectivity index (χ1) is 8.20. The Balaban J connectivity index is 2.73. The zero-order valence-corrected chi connectivity index (χ0v) is 11.1. The smallest absolute Gasteiger partial charge is 0.0657 e. The van der Waals surface area contributed by atoms with Gasteiger partial charge >= 0.3 is 0 Å². The summed E-state index contributed by atoms with van der Waals surface area (Å²) in [5.74, 6) is 0.556. The summed E-state index contributed by atoms with van der Waals surface area (Å²) in [5.41, 5.74) is 1.39. The topological polar surface area (TPSA) is 3.24 Å². The third kappa shape index (κ3) is 3.77. The summed E-state index contributed by atoms with van der Waals surface area (Å²) in [5, 5.41) is 0. The van der Waals surface area contributed by atoms with E-state index >= 15 is 0 Å². The third-order valence-corrected chi connectivity index (χ3v) is 3.10. The maximum atomic E-state index is 3.71. The van der Waals surface area contributed by atoms with E-state index in [0.29, 0.717) is 12.0 Å². The maximum Gasteiger partial charge on any atom is 0.0657 e. The third-order valence-electron chi connectivity index (χ3n) is 3.10. The zero-order chi connectivity index (χ0) is 12.7. The van der Waals surface area contributed by atoms with E-state index in [4.69, 9.17) is 0 Å². The van der Waals surface area contributed by atoms with E-state index < -0.39 is 0 Å². The van der Waals surface area contributed by atoms with E-state index in [0.717, 1.165) is 6.42 Å². The van der Waals surface area contributed by atoms with Crippen molar-refractivity contribution in [3.05, 3.63) is 60.9 Å². The Morgan fingerprint density at radius 3 is 2.94 bits per heavy atom. The first kappa shape index (κ1) is 13.6. The zero-order valence-electron chi connectivity index (χ0n) is 11.1. The molecule has 1 aliphatic heterocycles. The number of rotatable bonds is 5. The van der Waals surface area contributed by atoms with Crippen LogP contribution in [0, 0.1) is 5.92 Å². The van der Waals surface area contributed by atoms with Crippen molar-refractivity contribution in [1.29, 1.82) is 0 Å². The molecule has 0 bridgehead atoms. The average molecular weight is 229 g/mol. The molecule has 0 saturated carbocycles. The van der Waals surface area contributed by atoms with Gasteiger partial charge in [-0.1, -0.05) is 56.0 Å². The second-order valence-electron chi connectivity index (χ2n) is 4.40. The molecule has 0 amide bonds. The summed E-state index contributed by atoms with van der Waals surface area (Å²) in [6, 6.07) is 0.348. The number of hydrogen-bond acceptors (Lipinski definition) is 1. The lowest BCUT2D eigenvalue weighted by molar-refractivity contribution is 0.347. The van der Waals surface area contributed by atoms with Crippen LogP contribution in [0.15, 0.2) is 60.9 Å². The molecule has 2 atom stereocenters. The molecule has 0 aromatic heterocycles. The molecule has 0 aliphatic carbocycles. The quantitative estimate of drug-likeness (QED) is 0.507. The van der Waals surface area contributed by atoms with Crippen LogP contribution in [0.2, 0.25) is 0 Å². The summed E-state index contributed by atoms with van der Waals surface area (Å²) >= 11 is 0. The highest BCUT2D eigenvalue weighted by molar-refractivity contribution is 5.26. The SMILES string of the molecule is C=C/C=C/C1C=CC=C(C(C)C/C=C\C)N1C. The molecule has 2 unspecified atom stereocenters. The van der Waals surface area contributed by atoms with Gasteiger partial charge in [0.15, 0.2) is 0 Å². The molecule has 1 nitrogen and oxygen atoms in total. The molecule has 1 aliphatic rings. The fourth-order valence-electron chi connectivity index (χ4n) is 2.05. The monoisotopic (exact) mass is 229 g/mol. The standard InChI is InChI=1S/C16H23N/c1-5-7-10-14(3)16-13-9-12-15(17(16)4)11-8-6-2/h5-9,11-15H,2,10H2,1,3-4H3/b7-5-,11-8+. The minimum Gasteiger partial charge on any atom is -0.368 e. The summed E-state index contributed by atoms with van der Waals surface area (Å²) < 4.78 is 0. The predicted octanol–water partition coefficient (Wildman–Crippen LogP) is 4.09. The molecule has 0 spiro atoms. The molecule has 0 N–H and O–H groups in total. The van der Waals surface area contributed by atoms with Gasteiger partial charge in [0.25, 0.3) is 0 Å². The normalized spacial score (nSPS) is 22.2. The molecule has 0 aromatic carbocycles. The van der Waals surface area contributed by atoms with Gasteiger partial charge in [-0.05, 0) is 25.3 Å². The first-order valence-electron chi connectivity index (χ1n) is 6.22. The molecule has 1 heteroatoms. The molecule has 92 valence electrons. The van der Waals surface area contributed by atoms with Crippen molar-refractivity contribution in [2.75, 3.05) is 7.05 Å². The predicted molar refractivity (Wildman–Crippen MR) is 76.7 cm³/mol. The lowest BCUT2D eigenvalue weighted by Crippen LogP contribution is -2.32. The van der Waals surface area contributed by atoms with E-state index in [-0.39, 0.29) is 0 Å². The van der Waals surface area contributed by atoms with Crippen LogP contribution in [0.5, 0.6) is 0 Å². The van der Waals surface area contributed by atoms with Gasteiger partial charge in [0.05, 0.1) is 6.04 Å². The highest BCUT2D eigenvalue weighted by Gasteiger charge is 2.18. The van der Waals surface area contributed by atoms with Crippen LogP contribution in [0.4, 0.5) is 0 Å². The van der Waals surface area contributed by atoms with Gasteiger partial charge in [-0.15, -0.1) is 0 Å². The van der Waals surface area contributed by atoms with Crippen LogP contribution in [-0.2, 0) is 0 Å². The Bertz CT molecular complexity index is 358. The van der Waals surface area contributed by atoms with Crippen molar-refractivity contribution in [2.24, 2.45) is 5.92 Å². The van der Waals surface area contributed by atoms with E-state index in [1.807, 2.05) is 12.2 Å². The number of hydrogen-bond donors (Lipinski definition) is 0. The highest BCUT2D eigenvalue weighted by Crippen LogP contribution is 2.24. The molecular weight excluding hydrogens is 206 g/mol. The average Bonchev–Trinajstić information content (AvgIpc) is 2.34. The minimum absolute atomic E-state index is 0.348. The van der Waals surface area contributed by atoms with E-state index in [1.165, 1.54) is 5.70 Å². The molecule has 0 saturated heterocycles. The number of likely N-dealkylation sites (N-methyl/N-ethyl adjacent to an activating group) is 1. The van der Waals surface area contributed by atoms with Crippen molar-refractivity contribution in [2.45, 2.75) is 26.3 Å². The Morgan fingerprint density at radius 2 is 2.29 bits per heavy atom. The Kier molecular flexibility index (Phi) is 5.55. The van der Waals surface area contributed by atoms with E-state index in [1.54, 1.807) is 0 Å². The fourth-order valence-corrected chi connectivity index (χ4v) is 2.05. The Hall–Kier alpha value is -1.50. The van der Waals surface area contributed by atoms with Crippen molar-refractivity contribution in [3.8, 4) is 0 Å². The lowest BCUT2D eigenvalue weighted by atomic mass is 9.98. The number of allylic oxidation sites excluding steroid dienone is 7. The molecule has 1 rings (SSSR count). The van der Waals surface area contributed by atoms with E-state index in [9.17, 15) is 0 Å². The number of nitrogens with zero attached hydrogens (tertiary/aromatic N) is 1. The second-order valence-corrected chi connectivity index (χ2v) is 4.40. The second kappa shape index (κ2) is 6.95. The van der Waals surface area contributed by atoms with Gasteiger partial charge in [0.1, 0.15) is 0 Å². The Labute approximate surface area is 106 Å². The van der Waals surface area contributed by atoms with Gasteiger partial charge in [-0.3, -0.25) is 0 Å². The van der Waals surface area contributed by atoms with Crippen molar-refractivity contribution in [1.82, 2.24) is 4.90 Å². The van der Waals surface area contributed by atoms with Crippen molar-refractivity contribution >= 4 is 0 Å². The molecule has 0 radical (unpaired) electrons. The van der Waals surface area contributed by atoms with Crippen molar-refractivity contribution < 1.29 is 0 Å². The van der Waals surface area contributed by atoms with Crippen LogP contribution in [0.25, 0.3) is 0 Å². The van der Waals surface area contributed by atoms with Crippen LogP contribution >= 0.6 is 0 Å². The molecule has 17 heavy (non-hydrogen) atoms. The largest absolute Gasteiger partial charge is 0.368 e. The fraction of sp³-hybridized carbons (Fsp3) is 0.375. The van der Waals surface area contributed by atoms with Gasteiger partial charge in [-0.2, -0.15) is 0 Å². The molecule has 1 heterocycles. The summed E-state index contributed by atoms with van der Waals surface area (Å²) in [4.78, 5) is 2.33. The van der Waals surface area contributed by atoms with Crippen LogP contribution in [0.3, 0.4) is 0 Å². The van der Waals surface area contributed by atoms with Crippen molar-refractivity contribution in [3.63, 3.8) is 0 Å². The summed E-state index contributed by atoms with van der Waals surface area (Å²) in [7, 11) is 2.15. The lowest BCUT2D eigenvalue weighted by Gasteiger charge is -2.33. The van der Waals surface area contributed by atoms with Crippen LogP contribution < -0.4 is 0 Å². The Morgan fingerprint density at radius 1 is 1.53 bits per heavy atom. The van der Waals surface area contributed by atoms with Crippen LogP contribution in [-0.4, -0.2) is 18.0 Å².